The Bertz CT molecular complexity index is 500. The maximum Gasteiger partial charge on any atom is 0.313 e. The molecule has 1 atom stereocenters. The van der Waals surface area contributed by atoms with E-state index in [1.807, 2.05) is 6.92 Å². The van der Waals surface area contributed by atoms with Gasteiger partial charge in [-0.3, -0.25) is 4.79 Å². The monoisotopic (exact) mass is 313 g/mol. The van der Waals surface area contributed by atoms with E-state index in [0.29, 0.717) is 5.16 Å². The fraction of sp³-hybridized carbons (Fsp3) is 0.786. The Kier molecular flexibility index (Phi) is 5.27. The molecule has 1 aliphatic rings. The average Bonchev–Trinajstić information content (AvgIpc) is 2.86. The quantitative estimate of drug-likeness (QED) is 0.814. The molecule has 118 valence electrons. The van der Waals surface area contributed by atoms with Crippen molar-refractivity contribution in [1.29, 1.82) is 0 Å². The molecule has 0 aliphatic carbocycles. The van der Waals surface area contributed by atoms with Crippen molar-refractivity contribution in [3.05, 3.63) is 5.82 Å². The molecule has 2 heterocycles. The molecule has 0 saturated carbocycles. The van der Waals surface area contributed by atoms with Crippen molar-refractivity contribution >= 4 is 17.7 Å². The molecule has 1 saturated heterocycles. The summed E-state index contributed by atoms with van der Waals surface area (Å²) in [6.07, 6.45) is 3.82. The fourth-order valence-corrected chi connectivity index (χ4v) is 3.73. The minimum Gasteiger partial charge on any atom is -0.481 e. The van der Waals surface area contributed by atoms with Crippen molar-refractivity contribution < 1.29 is 14.6 Å². The van der Waals surface area contributed by atoms with Crippen molar-refractivity contribution in [1.82, 2.24) is 14.8 Å². The Morgan fingerprint density at radius 2 is 2.19 bits per heavy atom. The molecule has 0 amide bonds. The van der Waals surface area contributed by atoms with Crippen LogP contribution in [0.4, 0.5) is 0 Å². The summed E-state index contributed by atoms with van der Waals surface area (Å²) in [4.78, 5) is 10.8. The van der Waals surface area contributed by atoms with Gasteiger partial charge < -0.3 is 14.4 Å². The summed E-state index contributed by atoms with van der Waals surface area (Å²) in [6, 6.07) is 0.282. The molecule has 1 N–H and O–H groups in total. The van der Waals surface area contributed by atoms with Crippen molar-refractivity contribution in [2.45, 2.75) is 63.3 Å². The molecular formula is C14H23N3O3S. The van der Waals surface area contributed by atoms with Crippen LogP contribution in [0.5, 0.6) is 0 Å². The van der Waals surface area contributed by atoms with E-state index < -0.39 is 5.97 Å². The number of thioether (sulfide) groups is 1. The molecular weight excluding hydrogens is 290 g/mol. The van der Waals surface area contributed by atoms with Crippen molar-refractivity contribution in [2.24, 2.45) is 0 Å². The van der Waals surface area contributed by atoms with Gasteiger partial charge in [0.2, 0.25) is 0 Å². The number of hydrogen-bond donors (Lipinski definition) is 1. The van der Waals surface area contributed by atoms with Crippen LogP contribution in [-0.2, 0) is 9.53 Å². The first-order chi connectivity index (χ1) is 10.0. The van der Waals surface area contributed by atoms with Crippen LogP contribution in [0.1, 0.15) is 51.4 Å². The number of nitrogens with zero attached hydrogens (tertiary/aromatic N) is 3. The van der Waals surface area contributed by atoms with Crippen molar-refractivity contribution in [3.8, 4) is 0 Å². The maximum atomic E-state index is 10.8. The van der Waals surface area contributed by atoms with E-state index in [4.69, 9.17) is 9.84 Å². The molecule has 1 aromatic heterocycles. The third-order valence-corrected chi connectivity index (χ3v) is 5.21. The average molecular weight is 313 g/mol. The minimum absolute atomic E-state index is 0.00799. The summed E-state index contributed by atoms with van der Waals surface area (Å²) in [5.74, 6) is 0.0140. The van der Waals surface area contributed by atoms with Gasteiger partial charge in [0.25, 0.3) is 0 Å². The number of carbonyl (C=O) groups is 1. The number of aryl methyl sites for hydroxylation is 1. The highest BCUT2D eigenvalue weighted by Gasteiger charge is 2.36. The van der Waals surface area contributed by atoms with E-state index in [1.165, 1.54) is 11.8 Å². The molecule has 1 aliphatic heterocycles. The first kappa shape index (κ1) is 16.3. The lowest BCUT2D eigenvalue weighted by molar-refractivity contribution is -0.133. The molecule has 0 aromatic carbocycles. The summed E-state index contributed by atoms with van der Waals surface area (Å²) in [6.45, 7) is 6.97. The molecule has 1 fully saturated rings. The fourth-order valence-electron chi connectivity index (χ4n) is 2.96. The Hall–Kier alpha value is -1.08. The van der Waals surface area contributed by atoms with Crippen molar-refractivity contribution in [3.63, 3.8) is 0 Å². The molecule has 1 aromatic rings. The second-order valence-electron chi connectivity index (χ2n) is 5.47. The highest BCUT2D eigenvalue weighted by molar-refractivity contribution is 7.99. The van der Waals surface area contributed by atoms with Gasteiger partial charge in [-0.2, -0.15) is 0 Å². The normalized spacial score (nSPS) is 21.4. The van der Waals surface area contributed by atoms with Gasteiger partial charge in [0.05, 0.1) is 11.4 Å². The van der Waals surface area contributed by atoms with Gasteiger partial charge in [-0.15, -0.1) is 10.2 Å². The van der Waals surface area contributed by atoms with Gasteiger partial charge in [-0.1, -0.05) is 25.6 Å². The van der Waals surface area contributed by atoms with E-state index in [1.54, 1.807) is 0 Å². The summed E-state index contributed by atoms with van der Waals surface area (Å²) < 4.78 is 8.11. The van der Waals surface area contributed by atoms with Crippen LogP contribution in [-0.4, -0.2) is 43.8 Å². The van der Waals surface area contributed by atoms with Gasteiger partial charge in [0.15, 0.2) is 5.16 Å². The third kappa shape index (κ3) is 3.58. The summed E-state index contributed by atoms with van der Waals surface area (Å²) in [5.41, 5.74) is -0.0750. The van der Waals surface area contributed by atoms with E-state index >= 15 is 0 Å². The van der Waals surface area contributed by atoms with Crippen LogP contribution in [0.2, 0.25) is 0 Å². The standard InChI is InChI=1S/C14H23N3O3S/c1-4-14(5-2)8-11(6-7-20-14)17-10(3)15-16-13(17)21-9-12(18)19/h11H,4-9H2,1-3H3,(H,18,19). The summed E-state index contributed by atoms with van der Waals surface area (Å²) in [7, 11) is 0. The molecule has 1 unspecified atom stereocenters. The molecule has 6 nitrogen and oxygen atoms in total. The van der Waals surface area contributed by atoms with Crippen molar-refractivity contribution in [2.75, 3.05) is 12.4 Å². The Morgan fingerprint density at radius 1 is 1.48 bits per heavy atom. The molecule has 7 heteroatoms. The predicted molar refractivity (Wildman–Crippen MR) is 80.7 cm³/mol. The van der Waals surface area contributed by atoms with Gasteiger partial charge in [0.1, 0.15) is 5.82 Å². The number of aliphatic carboxylic acids is 1. The zero-order valence-electron chi connectivity index (χ0n) is 12.8. The lowest BCUT2D eigenvalue weighted by Gasteiger charge is -2.40. The summed E-state index contributed by atoms with van der Waals surface area (Å²) >= 11 is 1.23. The van der Waals surface area contributed by atoms with Crippen LogP contribution in [0.3, 0.4) is 0 Å². The van der Waals surface area contributed by atoms with E-state index in [-0.39, 0.29) is 17.4 Å². The second-order valence-corrected chi connectivity index (χ2v) is 6.41. The molecule has 21 heavy (non-hydrogen) atoms. The van der Waals surface area contributed by atoms with Crippen LogP contribution in [0, 0.1) is 6.92 Å². The van der Waals surface area contributed by atoms with Gasteiger partial charge in [-0.25, -0.2) is 0 Å². The van der Waals surface area contributed by atoms with Gasteiger partial charge in [-0.05, 0) is 32.6 Å². The lowest BCUT2D eigenvalue weighted by Crippen LogP contribution is -2.39. The maximum absolute atomic E-state index is 10.8. The smallest absolute Gasteiger partial charge is 0.313 e. The minimum atomic E-state index is -0.837. The molecule has 0 bridgehead atoms. The summed E-state index contributed by atoms with van der Waals surface area (Å²) in [5, 5.41) is 17.8. The second kappa shape index (κ2) is 6.79. The number of aromatic nitrogens is 3. The Morgan fingerprint density at radius 3 is 2.81 bits per heavy atom. The number of carboxylic acids is 1. The van der Waals surface area contributed by atoms with Crippen LogP contribution < -0.4 is 0 Å². The SMILES string of the molecule is CCC1(CC)CC(n2c(C)nnc2SCC(=O)O)CCO1. The Balaban J connectivity index is 2.20. The zero-order chi connectivity index (χ0) is 15.5. The highest BCUT2D eigenvalue weighted by atomic mass is 32.2. The predicted octanol–water partition coefficient (Wildman–Crippen LogP) is 2.67. The zero-order valence-corrected chi connectivity index (χ0v) is 13.7. The number of rotatable bonds is 6. The topological polar surface area (TPSA) is 77.2 Å². The first-order valence-electron chi connectivity index (χ1n) is 7.41. The highest BCUT2D eigenvalue weighted by Crippen LogP contribution is 2.39. The number of carboxylic acid groups (broad SMARTS) is 1. The first-order valence-corrected chi connectivity index (χ1v) is 8.40. The number of hydrogen-bond acceptors (Lipinski definition) is 5. The molecule has 0 spiro atoms. The Labute approximate surface area is 129 Å². The lowest BCUT2D eigenvalue weighted by atomic mass is 9.86. The largest absolute Gasteiger partial charge is 0.481 e. The van der Waals surface area contributed by atoms with E-state index in [9.17, 15) is 4.79 Å². The number of ether oxygens (including phenoxy) is 1. The van der Waals surface area contributed by atoms with Gasteiger partial charge in [0, 0.05) is 12.6 Å². The molecule has 2 rings (SSSR count). The molecule has 0 radical (unpaired) electrons. The van der Waals surface area contributed by atoms with Crippen LogP contribution in [0.25, 0.3) is 0 Å². The van der Waals surface area contributed by atoms with Gasteiger partial charge >= 0.3 is 5.97 Å². The van der Waals surface area contributed by atoms with E-state index in [0.717, 1.165) is 38.1 Å². The van der Waals surface area contributed by atoms with Crippen LogP contribution in [0.15, 0.2) is 5.16 Å². The third-order valence-electron chi connectivity index (χ3n) is 4.28. The van der Waals surface area contributed by atoms with E-state index in [2.05, 4.69) is 28.6 Å². The van der Waals surface area contributed by atoms with Crippen LogP contribution >= 0.6 is 11.8 Å².